The number of hydrogen-bond acceptors (Lipinski definition) is 3. The lowest BCUT2D eigenvalue weighted by Gasteiger charge is -2.11. The lowest BCUT2D eigenvalue weighted by molar-refractivity contribution is -0.137. The number of carbonyl (C=O) groups excluding carboxylic acids is 1. The van der Waals surface area contributed by atoms with Gasteiger partial charge < -0.3 is 9.15 Å². The molecule has 0 saturated heterocycles. The lowest BCUT2D eigenvalue weighted by atomic mass is 10.1. The molecule has 2 rings (SSSR count). The molecule has 1 aromatic heterocycles. The van der Waals surface area contributed by atoms with Gasteiger partial charge in [-0.05, 0) is 30.3 Å². The van der Waals surface area contributed by atoms with Crippen molar-refractivity contribution >= 4 is 5.97 Å². The highest BCUT2D eigenvalue weighted by molar-refractivity contribution is 5.75. The van der Waals surface area contributed by atoms with E-state index in [2.05, 4.69) is 0 Å². The van der Waals surface area contributed by atoms with Crippen molar-refractivity contribution in [2.45, 2.75) is 13.1 Å². The van der Waals surface area contributed by atoms with Gasteiger partial charge in [-0.15, -0.1) is 0 Å². The quantitative estimate of drug-likeness (QED) is 0.614. The number of alkyl halides is 3. The zero-order valence-electron chi connectivity index (χ0n) is 9.82. The third kappa shape index (κ3) is 2.96. The topological polar surface area (TPSA) is 39.4 Å². The summed E-state index contributed by atoms with van der Waals surface area (Å²) >= 11 is 0. The molecule has 1 heterocycles. The van der Waals surface area contributed by atoms with Crippen molar-refractivity contribution in [2.75, 3.05) is 0 Å². The second-order valence-corrected chi connectivity index (χ2v) is 3.78. The fourth-order valence-electron chi connectivity index (χ4n) is 1.57. The monoisotopic (exact) mass is 270 g/mol. The third-order valence-electron chi connectivity index (χ3n) is 2.35. The molecule has 0 spiro atoms. The van der Waals surface area contributed by atoms with Gasteiger partial charge in [0.05, 0.1) is 17.4 Å². The molecule has 1 aromatic carbocycles. The Balaban J connectivity index is 2.54. The van der Waals surface area contributed by atoms with Crippen LogP contribution in [0.5, 0.6) is 5.75 Å². The van der Waals surface area contributed by atoms with Gasteiger partial charge in [-0.3, -0.25) is 4.79 Å². The van der Waals surface area contributed by atoms with E-state index in [0.29, 0.717) is 0 Å². The molecule has 100 valence electrons. The summed E-state index contributed by atoms with van der Waals surface area (Å²) < 4.78 is 47.9. The molecule has 0 fully saturated rings. The molecule has 0 aliphatic rings. The minimum absolute atomic E-state index is 0.0236. The Bertz CT molecular complexity index is 586. The van der Waals surface area contributed by atoms with Crippen LogP contribution in [-0.4, -0.2) is 5.97 Å². The summed E-state index contributed by atoms with van der Waals surface area (Å²) in [5.41, 5.74) is -0.759. The van der Waals surface area contributed by atoms with E-state index >= 15 is 0 Å². The molecular formula is C13H9F3O3. The fraction of sp³-hybridized carbons (Fsp3) is 0.154. The van der Waals surface area contributed by atoms with Crippen LogP contribution >= 0.6 is 0 Å². The number of hydrogen-bond donors (Lipinski definition) is 0. The smallest absolute Gasteiger partial charge is 0.416 e. The first-order chi connectivity index (χ1) is 8.88. The molecule has 6 heteroatoms. The van der Waals surface area contributed by atoms with Gasteiger partial charge in [0.15, 0.2) is 0 Å². The third-order valence-corrected chi connectivity index (χ3v) is 2.35. The van der Waals surface area contributed by atoms with E-state index in [1.165, 1.54) is 25.3 Å². The van der Waals surface area contributed by atoms with Crippen molar-refractivity contribution in [1.82, 2.24) is 0 Å². The standard InChI is InChI=1S/C13H9F3O3/c1-8(17)19-12-5-4-9(13(14,15)16)7-10(12)11-3-2-6-18-11/h2-7H,1H3. The van der Waals surface area contributed by atoms with Gasteiger partial charge in [-0.25, -0.2) is 0 Å². The Labute approximate surface area is 106 Å². The maximum atomic E-state index is 12.7. The number of benzene rings is 1. The zero-order chi connectivity index (χ0) is 14.0. The minimum atomic E-state index is -4.48. The predicted octanol–water partition coefficient (Wildman–Crippen LogP) is 3.89. The molecule has 0 aliphatic carbocycles. The molecule has 0 atom stereocenters. The number of carbonyl (C=O) groups is 1. The second-order valence-electron chi connectivity index (χ2n) is 3.78. The van der Waals surface area contributed by atoms with E-state index in [4.69, 9.17) is 9.15 Å². The summed E-state index contributed by atoms with van der Waals surface area (Å²) in [5.74, 6) is -0.398. The highest BCUT2D eigenvalue weighted by atomic mass is 19.4. The van der Waals surface area contributed by atoms with Gasteiger partial charge >= 0.3 is 12.1 Å². The first-order valence-electron chi connectivity index (χ1n) is 5.31. The van der Waals surface area contributed by atoms with Crippen molar-refractivity contribution in [2.24, 2.45) is 0 Å². The highest BCUT2D eigenvalue weighted by Gasteiger charge is 2.31. The van der Waals surface area contributed by atoms with Crippen LogP contribution in [0.4, 0.5) is 13.2 Å². The van der Waals surface area contributed by atoms with Crippen molar-refractivity contribution in [3.05, 3.63) is 42.2 Å². The number of halogens is 3. The first kappa shape index (κ1) is 13.2. The summed E-state index contributed by atoms with van der Waals surface area (Å²) in [5, 5.41) is 0. The molecule has 0 unspecified atom stereocenters. The van der Waals surface area contributed by atoms with Crippen molar-refractivity contribution in [1.29, 1.82) is 0 Å². The van der Waals surface area contributed by atoms with E-state index in [1.807, 2.05) is 0 Å². The van der Waals surface area contributed by atoms with Crippen LogP contribution in [0, 0.1) is 0 Å². The predicted molar refractivity (Wildman–Crippen MR) is 60.5 cm³/mol. The van der Waals surface area contributed by atoms with Gasteiger partial charge in [0.1, 0.15) is 11.5 Å². The zero-order valence-corrected chi connectivity index (χ0v) is 9.82. The Hall–Kier alpha value is -2.24. The summed E-state index contributed by atoms with van der Waals surface area (Å²) in [6.45, 7) is 1.17. The normalized spacial score (nSPS) is 11.4. The first-order valence-corrected chi connectivity index (χ1v) is 5.31. The Kier molecular flexibility index (Phi) is 3.33. The lowest BCUT2D eigenvalue weighted by Crippen LogP contribution is -2.07. The van der Waals surface area contributed by atoms with E-state index in [-0.39, 0.29) is 17.1 Å². The van der Waals surface area contributed by atoms with Crippen LogP contribution in [0.25, 0.3) is 11.3 Å². The number of ether oxygens (including phenoxy) is 1. The van der Waals surface area contributed by atoms with Crippen molar-refractivity contribution < 1.29 is 27.1 Å². The maximum absolute atomic E-state index is 12.7. The van der Waals surface area contributed by atoms with E-state index in [9.17, 15) is 18.0 Å². The van der Waals surface area contributed by atoms with Crippen molar-refractivity contribution in [3.63, 3.8) is 0 Å². The van der Waals surface area contributed by atoms with E-state index < -0.39 is 17.7 Å². The van der Waals surface area contributed by atoms with Gasteiger partial charge in [0.2, 0.25) is 0 Å². The second kappa shape index (κ2) is 4.79. The molecule has 2 aromatic rings. The van der Waals surface area contributed by atoms with Gasteiger partial charge in [0, 0.05) is 6.92 Å². The molecule has 0 aliphatic heterocycles. The van der Waals surface area contributed by atoms with Crippen LogP contribution in [0.15, 0.2) is 41.0 Å². The molecule has 0 radical (unpaired) electrons. The summed E-state index contributed by atoms with van der Waals surface area (Å²) in [4.78, 5) is 10.9. The molecule has 0 bridgehead atoms. The molecule has 0 amide bonds. The Morgan fingerprint density at radius 2 is 2.00 bits per heavy atom. The summed E-state index contributed by atoms with van der Waals surface area (Å²) in [6, 6.07) is 5.86. The van der Waals surface area contributed by atoms with E-state index in [0.717, 1.165) is 18.2 Å². The van der Waals surface area contributed by atoms with Gasteiger partial charge in [-0.1, -0.05) is 0 Å². The maximum Gasteiger partial charge on any atom is 0.416 e. The molecule has 0 saturated carbocycles. The van der Waals surface area contributed by atoms with Crippen LogP contribution < -0.4 is 4.74 Å². The summed E-state index contributed by atoms with van der Waals surface area (Å²) in [6.07, 6.45) is -3.15. The SMILES string of the molecule is CC(=O)Oc1ccc(C(F)(F)F)cc1-c1ccco1. The average Bonchev–Trinajstić information content (AvgIpc) is 2.80. The Morgan fingerprint density at radius 3 is 2.53 bits per heavy atom. The highest BCUT2D eigenvalue weighted by Crippen LogP contribution is 2.37. The number of rotatable bonds is 2. The largest absolute Gasteiger partial charge is 0.464 e. The molecule has 19 heavy (non-hydrogen) atoms. The molecule has 0 N–H and O–H groups in total. The molecule has 3 nitrogen and oxygen atoms in total. The van der Waals surface area contributed by atoms with Crippen LogP contribution in [0.2, 0.25) is 0 Å². The number of esters is 1. The van der Waals surface area contributed by atoms with Gasteiger partial charge in [-0.2, -0.15) is 13.2 Å². The van der Waals surface area contributed by atoms with Crippen LogP contribution in [-0.2, 0) is 11.0 Å². The minimum Gasteiger partial charge on any atom is -0.464 e. The van der Waals surface area contributed by atoms with E-state index in [1.54, 1.807) is 0 Å². The van der Waals surface area contributed by atoms with Gasteiger partial charge in [0.25, 0.3) is 0 Å². The van der Waals surface area contributed by atoms with Crippen LogP contribution in [0.1, 0.15) is 12.5 Å². The number of furan rings is 1. The fourth-order valence-corrected chi connectivity index (χ4v) is 1.57. The Morgan fingerprint density at radius 1 is 1.26 bits per heavy atom. The van der Waals surface area contributed by atoms with Crippen LogP contribution in [0.3, 0.4) is 0 Å². The molecular weight excluding hydrogens is 261 g/mol. The van der Waals surface area contributed by atoms with Crippen molar-refractivity contribution in [3.8, 4) is 17.1 Å². The summed E-state index contributed by atoms with van der Waals surface area (Å²) in [7, 11) is 0. The average molecular weight is 270 g/mol.